The van der Waals surface area contributed by atoms with Gasteiger partial charge in [-0.2, -0.15) is 0 Å². The number of urea groups is 1. The predicted molar refractivity (Wildman–Crippen MR) is 81.1 cm³/mol. The fourth-order valence-electron chi connectivity index (χ4n) is 3.21. The third-order valence-corrected chi connectivity index (χ3v) is 5.48. The summed E-state index contributed by atoms with van der Waals surface area (Å²) in [6, 6.07) is 0.339. The zero-order valence-electron chi connectivity index (χ0n) is 13.6. The van der Waals surface area contributed by atoms with Crippen molar-refractivity contribution >= 4 is 12.0 Å². The number of likely N-dealkylation sites (tertiary alicyclic amines) is 1. The van der Waals surface area contributed by atoms with Crippen molar-refractivity contribution < 1.29 is 14.7 Å². The monoisotopic (exact) mass is 296 g/mol. The minimum absolute atomic E-state index is 0.0253. The summed E-state index contributed by atoms with van der Waals surface area (Å²) in [5.41, 5.74) is -0.778. The topological polar surface area (TPSA) is 60.9 Å². The second kappa shape index (κ2) is 5.85. The average molecular weight is 296 g/mol. The first-order valence-corrected chi connectivity index (χ1v) is 8.00. The van der Waals surface area contributed by atoms with Gasteiger partial charge in [0.05, 0.1) is 5.41 Å². The van der Waals surface area contributed by atoms with Crippen molar-refractivity contribution in [2.75, 3.05) is 20.1 Å². The summed E-state index contributed by atoms with van der Waals surface area (Å²) < 4.78 is 0. The Labute approximate surface area is 127 Å². The van der Waals surface area contributed by atoms with Crippen LogP contribution in [0, 0.1) is 17.3 Å². The number of carbonyl (C=O) groups excluding carboxylic acids is 1. The van der Waals surface area contributed by atoms with E-state index in [1.807, 2.05) is 16.8 Å². The molecule has 0 aromatic rings. The minimum Gasteiger partial charge on any atom is -0.481 e. The van der Waals surface area contributed by atoms with Gasteiger partial charge in [-0.3, -0.25) is 4.79 Å². The number of carbonyl (C=O) groups is 2. The number of hydrogen-bond donors (Lipinski definition) is 1. The highest BCUT2D eigenvalue weighted by atomic mass is 16.4. The van der Waals surface area contributed by atoms with Crippen LogP contribution in [0.4, 0.5) is 4.79 Å². The Hall–Kier alpha value is -1.26. The van der Waals surface area contributed by atoms with Gasteiger partial charge < -0.3 is 14.9 Å². The second-order valence-corrected chi connectivity index (χ2v) is 7.28. The molecule has 5 heteroatoms. The molecule has 0 aromatic heterocycles. The molecule has 2 rings (SSSR count). The summed E-state index contributed by atoms with van der Waals surface area (Å²) in [4.78, 5) is 27.7. The van der Waals surface area contributed by atoms with Crippen LogP contribution in [0.2, 0.25) is 0 Å². The Morgan fingerprint density at radius 1 is 1.29 bits per heavy atom. The van der Waals surface area contributed by atoms with Gasteiger partial charge in [0.2, 0.25) is 0 Å². The summed E-state index contributed by atoms with van der Waals surface area (Å²) in [5, 5.41) is 9.38. The zero-order chi connectivity index (χ0) is 15.8. The van der Waals surface area contributed by atoms with Crippen molar-refractivity contribution in [1.29, 1.82) is 0 Å². The van der Waals surface area contributed by atoms with E-state index in [2.05, 4.69) is 6.92 Å². The fourth-order valence-corrected chi connectivity index (χ4v) is 3.21. The van der Waals surface area contributed by atoms with E-state index in [0.29, 0.717) is 12.5 Å². The van der Waals surface area contributed by atoms with Crippen LogP contribution in [0.5, 0.6) is 0 Å². The van der Waals surface area contributed by atoms with E-state index in [4.69, 9.17) is 0 Å². The Morgan fingerprint density at radius 3 is 2.43 bits per heavy atom. The van der Waals surface area contributed by atoms with E-state index in [0.717, 1.165) is 19.4 Å². The Bertz CT molecular complexity index is 418. The number of rotatable bonds is 4. The largest absolute Gasteiger partial charge is 0.481 e. The molecule has 2 aliphatic rings. The number of amides is 2. The molecule has 21 heavy (non-hydrogen) atoms. The number of carboxylic acids is 1. The second-order valence-electron chi connectivity index (χ2n) is 7.28. The lowest BCUT2D eigenvalue weighted by Gasteiger charge is -2.41. The van der Waals surface area contributed by atoms with Gasteiger partial charge in [0.15, 0.2) is 0 Å². The van der Waals surface area contributed by atoms with Gasteiger partial charge in [0.1, 0.15) is 0 Å². The normalized spacial score (nSPS) is 24.6. The highest BCUT2D eigenvalue weighted by Crippen LogP contribution is 2.37. The Morgan fingerprint density at radius 2 is 1.90 bits per heavy atom. The van der Waals surface area contributed by atoms with Gasteiger partial charge >= 0.3 is 12.0 Å². The first-order valence-electron chi connectivity index (χ1n) is 8.00. The van der Waals surface area contributed by atoms with E-state index in [9.17, 15) is 14.7 Å². The highest BCUT2D eigenvalue weighted by molar-refractivity contribution is 5.76. The minimum atomic E-state index is -0.778. The third kappa shape index (κ3) is 3.33. The summed E-state index contributed by atoms with van der Waals surface area (Å²) in [7, 11) is 1.87. The van der Waals surface area contributed by atoms with Crippen LogP contribution in [0.15, 0.2) is 0 Å². The molecule has 120 valence electrons. The van der Waals surface area contributed by atoms with Crippen molar-refractivity contribution in [3.8, 4) is 0 Å². The predicted octanol–water partition coefficient (Wildman–Crippen LogP) is 2.66. The maximum Gasteiger partial charge on any atom is 0.319 e. The summed E-state index contributed by atoms with van der Waals surface area (Å²) >= 11 is 0. The lowest BCUT2D eigenvalue weighted by atomic mass is 9.74. The van der Waals surface area contributed by atoms with Crippen molar-refractivity contribution in [2.45, 2.75) is 52.5 Å². The molecule has 0 aromatic carbocycles. The van der Waals surface area contributed by atoms with Crippen molar-refractivity contribution in [1.82, 2.24) is 9.80 Å². The molecule has 1 N–H and O–H groups in total. The number of hydrogen-bond acceptors (Lipinski definition) is 2. The van der Waals surface area contributed by atoms with E-state index >= 15 is 0 Å². The lowest BCUT2D eigenvalue weighted by molar-refractivity contribution is -0.151. The molecule has 1 saturated heterocycles. The first kappa shape index (κ1) is 16.1. The number of piperidine rings is 1. The number of carboxylic acid groups (broad SMARTS) is 1. The highest BCUT2D eigenvalue weighted by Gasteiger charge is 2.41. The maximum absolute atomic E-state index is 12.6. The van der Waals surface area contributed by atoms with Gasteiger partial charge in [0.25, 0.3) is 0 Å². The van der Waals surface area contributed by atoms with Crippen LogP contribution in [0.3, 0.4) is 0 Å². The van der Waals surface area contributed by atoms with E-state index in [-0.39, 0.29) is 18.0 Å². The Kier molecular flexibility index (Phi) is 4.49. The quantitative estimate of drug-likeness (QED) is 0.867. The van der Waals surface area contributed by atoms with Crippen LogP contribution in [0.25, 0.3) is 0 Å². The molecule has 1 heterocycles. The fraction of sp³-hybridized carbons (Fsp3) is 0.875. The molecule has 2 amide bonds. The number of nitrogens with zero attached hydrogens (tertiary/aromatic N) is 2. The van der Waals surface area contributed by atoms with Crippen LogP contribution < -0.4 is 0 Å². The lowest BCUT2D eigenvalue weighted by Crippen LogP contribution is -2.52. The first-order chi connectivity index (χ1) is 9.75. The molecule has 1 aliphatic carbocycles. The number of aliphatic carboxylic acids is 1. The molecular formula is C16H28N2O3. The van der Waals surface area contributed by atoms with Gasteiger partial charge in [-0.1, -0.05) is 0 Å². The molecule has 0 radical (unpaired) electrons. The SMILES string of the molecule is CC(C1CC1)N(C)C(=O)N1CCCC(C(C)(C)C(=O)O)C1. The maximum atomic E-state index is 12.6. The van der Waals surface area contributed by atoms with Gasteiger partial charge in [-0.25, -0.2) is 4.79 Å². The molecule has 2 fully saturated rings. The van der Waals surface area contributed by atoms with Crippen LogP contribution in [-0.4, -0.2) is 53.1 Å². The van der Waals surface area contributed by atoms with Gasteiger partial charge in [-0.15, -0.1) is 0 Å². The van der Waals surface area contributed by atoms with E-state index in [1.165, 1.54) is 12.8 Å². The van der Waals surface area contributed by atoms with E-state index < -0.39 is 11.4 Å². The van der Waals surface area contributed by atoms with Crippen molar-refractivity contribution in [3.63, 3.8) is 0 Å². The molecular weight excluding hydrogens is 268 g/mol. The standard InChI is InChI=1S/C16H28N2O3/c1-11(12-7-8-12)17(4)15(21)18-9-5-6-13(10-18)16(2,3)14(19)20/h11-13H,5-10H2,1-4H3,(H,19,20). The summed E-state index contributed by atoms with van der Waals surface area (Å²) in [6.45, 7) is 6.94. The molecule has 0 bridgehead atoms. The van der Waals surface area contributed by atoms with Crippen LogP contribution in [-0.2, 0) is 4.79 Å². The molecule has 5 nitrogen and oxygen atoms in total. The molecule has 1 aliphatic heterocycles. The third-order valence-electron chi connectivity index (χ3n) is 5.48. The Balaban J connectivity index is 2.00. The van der Waals surface area contributed by atoms with Gasteiger partial charge in [0, 0.05) is 26.2 Å². The molecule has 2 atom stereocenters. The smallest absolute Gasteiger partial charge is 0.319 e. The van der Waals surface area contributed by atoms with Crippen LogP contribution in [0.1, 0.15) is 46.5 Å². The van der Waals surface area contributed by atoms with Gasteiger partial charge in [-0.05, 0) is 58.3 Å². The van der Waals surface area contributed by atoms with Crippen molar-refractivity contribution in [2.24, 2.45) is 17.3 Å². The molecule has 1 saturated carbocycles. The average Bonchev–Trinajstić information content (AvgIpc) is 3.29. The summed E-state index contributed by atoms with van der Waals surface area (Å²) in [5.74, 6) is -0.103. The zero-order valence-corrected chi connectivity index (χ0v) is 13.6. The summed E-state index contributed by atoms with van der Waals surface area (Å²) in [6.07, 6.45) is 4.20. The molecule has 0 spiro atoms. The van der Waals surface area contributed by atoms with Crippen LogP contribution >= 0.6 is 0 Å². The van der Waals surface area contributed by atoms with Crippen molar-refractivity contribution in [3.05, 3.63) is 0 Å². The molecule has 2 unspecified atom stereocenters. The van der Waals surface area contributed by atoms with E-state index in [1.54, 1.807) is 13.8 Å².